The second-order valence-corrected chi connectivity index (χ2v) is 13.6. The van der Waals surface area contributed by atoms with Crippen LogP contribution in [0.1, 0.15) is 61.0 Å². The molecule has 5 nitrogen and oxygen atoms in total. The van der Waals surface area contributed by atoms with Crippen molar-refractivity contribution in [3.8, 4) is 39.8 Å². The highest BCUT2D eigenvalue weighted by Crippen LogP contribution is 2.37. The Hall–Kier alpha value is -7.16. The SMILES string of the molecule is [2H]C([2H])(c1ccc(-c2ccccc2)nc1)C([2H])([2H])c1cc(C([2H])([2H])C([2H])([2H])c2ccc(-c3ccccc3)nc2)cc(C([2H])([2H])C([2H])([2H])c2ccc(-c3cccc4c3oc3c(C)c(C#N)ccc34)nc2)c1. The molecule has 5 heteroatoms. The molecule has 0 aliphatic heterocycles. The van der Waals surface area contributed by atoms with E-state index in [4.69, 9.17) is 4.42 Å². The number of nitriles is 1. The van der Waals surface area contributed by atoms with Crippen LogP contribution in [-0.4, -0.2) is 15.0 Å². The lowest BCUT2D eigenvalue weighted by atomic mass is 9.94. The molecule has 9 aromatic rings. The Morgan fingerprint density at radius 2 is 0.948 bits per heavy atom. The number of furan rings is 1. The van der Waals surface area contributed by atoms with E-state index in [-0.39, 0.29) is 16.7 Å². The fraction of sp³-hybridized carbons (Fsp3) is 0.132. The highest BCUT2D eigenvalue weighted by atomic mass is 16.3. The van der Waals surface area contributed by atoms with Crippen molar-refractivity contribution in [1.29, 1.82) is 5.26 Å². The molecule has 0 N–H and O–H groups in total. The van der Waals surface area contributed by atoms with Crippen molar-refractivity contribution in [2.75, 3.05) is 0 Å². The van der Waals surface area contributed by atoms with Crippen molar-refractivity contribution < 1.29 is 20.9 Å². The fourth-order valence-corrected chi connectivity index (χ4v) is 6.72. The zero-order valence-electron chi connectivity index (χ0n) is 43.3. The van der Waals surface area contributed by atoms with E-state index in [1.54, 1.807) is 31.2 Å². The van der Waals surface area contributed by atoms with Crippen LogP contribution in [0.3, 0.4) is 0 Å². The number of para-hydroxylation sites is 1. The number of aryl methyl sites for hydroxylation is 7. The Bertz CT molecular complexity index is 3320. The number of hydrogen-bond donors (Lipinski definition) is 0. The van der Waals surface area contributed by atoms with Crippen molar-refractivity contribution in [2.45, 2.75) is 45.2 Å². The van der Waals surface area contributed by atoms with Crippen molar-refractivity contribution in [2.24, 2.45) is 0 Å². The van der Waals surface area contributed by atoms with Gasteiger partial charge in [0.15, 0.2) is 0 Å². The summed E-state index contributed by atoms with van der Waals surface area (Å²) in [5.41, 5.74) is 3.25. The van der Waals surface area contributed by atoms with Crippen LogP contribution in [0, 0.1) is 18.3 Å². The second kappa shape index (κ2) is 16.5. The highest BCUT2D eigenvalue weighted by Gasteiger charge is 2.16. The first-order valence-electron chi connectivity index (χ1n) is 24.6. The molecule has 0 saturated heterocycles. The first-order valence-corrected chi connectivity index (χ1v) is 18.6. The van der Waals surface area contributed by atoms with Crippen LogP contribution in [-0.2, 0) is 38.2 Å². The first-order chi connectivity index (χ1) is 33.1. The van der Waals surface area contributed by atoms with Gasteiger partial charge in [0.2, 0.25) is 0 Å². The molecule has 0 bridgehead atoms. The van der Waals surface area contributed by atoms with Gasteiger partial charge in [0, 0.05) is 68.1 Å². The molecule has 4 aromatic heterocycles. The van der Waals surface area contributed by atoms with Crippen LogP contribution in [0.2, 0.25) is 0 Å². The van der Waals surface area contributed by atoms with Crippen LogP contribution < -0.4 is 0 Å². The van der Waals surface area contributed by atoms with Gasteiger partial charge in [0.05, 0.1) is 28.7 Å². The molecule has 0 saturated carbocycles. The molecule has 0 aliphatic rings. The lowest BCUT2D eigenvalue weighted by Gasteiger charge is -2.12. The zero-order chi connectivity index (χ0) is 50.0. The third-order valence-electron chi connectivity index (χ3n) is 9.73. The standard InChI is InChI=1S/C53H42N4O/c1-36-45(32-54)24-25-47-46-13-8-14-48(53(46)58-52(36)47)51-28-23-39(35-57-51)17-20-42-30-40(18-15-37-21-26-49(55-33-37)43-9-4-2-5-10-43)29-41(31-42)19-16-38-22-27-50(56-34-38)44-11-6-3-7-12-44/h2-14,21-31,33-35H,15-20H2,1H3/i15D2,16D2,17D2,18D2,19D2,20D2. The Balaban J connectivity index is 1.13. The summed E-state index contributed by atoms with van der Waals surface area (Å²) in [6.45, 7) is 1.80. The maximum absolute atomic E-state index is 9.61. The fourth-order valence-electron chi connectivity index (χ4n) is 6.72. The number of aromatic nitrogens is 3. The van der Waals surface area contributed by atoms with Crippen LogP contribution in [0.5, 0.6) is 0 Å². The van der Waals surface area contributed by atoms with E-state index in [1.165, 1.54) is 42.9 Å². The number of nitrogens with zero attached hydrogens (tertiary/aromatic N) is 4. The Kier molecular flexibility index (Phi) is 7.17. The number of rotatable bonds is 12. The van der Waals surface area contributed by atoms with Crippen molar-refractivity contribution in [1.82, 2.24) is 15.0 Å². The monoisotopic (exact) mass is 762 g/mol. The van der Waals surface area contributed by atoms with E-state index in [9.17, 15) is 21.7 Å². The van der Waals surface area contributed by atoms with Crippen molar-refractivity contribution in [3.05, 3.63) is 209 Å². The van der Waals surface area contributed by atoms with Gasteiger partial charge in [-0.25, -0.2) is 0 Å². The van der Waals surface area contributed by atoms with Gasteiger partial charge >= 0.3 is 0 Å². The van der Waals surface area contributed by atoms with Gasteiger partial charge in [0.1, 0.15) is 11.2 Å². The second-order valence-electron chi connectivity index (χ2n) is 13.6. The minimum absolute atomic E-state index is 0.183. The number of fused-ring (bicyclic) bond motifs is 3. The van der Waals surface area contributed by atoms with E-state index in [0.29, 0.717) is 44.9 Å². The maximum Gasteiger partial charge on any atom is 0.144 e. The minimum Gasteiger partial charge on any atom is -0.455 e. The molecular weight excluding hydrogens is 709 g/mol. The molecule has 58 heavy (non-hydrogen) atoms. The summed E-state index contributed by atoms with van der Waals surface area (Å²) in [5, 5.41) is 11.2. The van der Waals surface area contributed by atoms with Gasteiger partial charge in [-0.1, -0.05) is 109 Å². The van der Waals surface area contributed by atoms with Gasteiger partial charge in [-0.2, -0.15) is 5.26 Å². The average Bonchev–Trinajstić information content (AvgIpc) is 3.76. The number of hydrogen-bond acceptors (Lipinski definition) is 5. The molecule has 5 aromatic carbocycles. The summed E-state index contributed by atoms with van der Waals surface area (Å²) in [7, 11) is 0. The summed E-state index contributed by atoms with van der Waals surface area (Å²) >= 11 is 0. The Morgan fingerprint density at radius 1 is 0.483 bits per heavy atom. The predicted molar refractivity (Wildman–Crippen MR) is 234 cm³/mol. The van der Waals surface area contributed by atoms with E-state index >= 15 is 0 Å². The van der Waals surface area contributed by atoms with E-state index in [2.05, 4.69) is 21.0 Å². The van der Waals surface area contributed by atoms with Crippen LogP contribution in [0.15, 0.2) is 169 Å². The van der Waals surface area contributed by atoms with Crippen molar-refractivity contribution >= 4 is 21.9 Å². The van der Waals surface area contributed by atoms with E-state index < -0.39 is 54.9 Å². The first kappa shape index (κ1) is 25.2. The third-order valence-corrected chi connectivity index (χ3v) is 9.73. The lowest BCUT2D eigenvalue weighted by molar-refractivity contribution is 0.666. The zero-order valence-corrected chi connectivity index (χ0v) is 31.3. The topological polar surface area (TPSA) is 75.6 Å². The number of pyridine rings is 3. The molecule has 0 spiro atoms. The summed E-state index contributed by atoms with van der Waals surface area (Å²) in [5.74, 6) is 0. The molecular formula is C53H42N4O. The Morgan fingerprint density at radius 3 is 1.41 bits per heavy atom. The van der Waals surface area contributed by atoms with Gasteiger partial charge in [-0.15, -0.1) is 0 Å². The van der Waals surface area contributed by atoms with Crippen molar-refractivity contribution in [3.63, 3.8) is 0 Å². The molecule has 0 aliphatic carbocycles. The number of benzene rings is 5. The van der Waals surface area contributed by atoms with Gasteiger partial charge in [-0.05, 0) is 115 Å². The molecule has 4 heterocycles. The summed E-state index contributed by atoms with van der Waals surface area (Å²) in [4.78, 5) is 13.3. The van der Waals surface area contributed by atoms with Crippen LogP contribution in [0.4, 0.5) is 0 Å². The highest BCUT2D eigenvalue weighted by molar-refractivity contribution is 6.10. The molecule has 0 radical (unpaired) electrons. The smallest absolute Gasteiger partial charge is 0.144 e. The normalized spacial score (nSPS) is 15.8. The van der Waals surface area contributed by atoms with E-state index in [1.807, 2.05) is 78.9 Å². The summed E-state index contributed by atoms with van der Waals surface area (Å²) in [6.07, 6.45) is -14.5. The molecule has 280 valence electrons. The quantitative estimate of drug-likeness (QED) is 0.124. The van der Waals surface area contributed by atoms with E-state index in [0.717, 1.165) is 40.1 Å². The summed E-state index contributed by atoms with van der Waals surface area (Å²) < 4.78 is 118. The average molecular weight is 763 g/mol. The molecule has 0 amide bonds. The minimum atomic E-state index is -3.11. The van der Waals surface area contributed by atoms with Crippen LogP contribution in [0.25, 0.3) is 55.7 Å². The molecule has 0 unspecified atom stereocenters. The maximum atomic E-state index is 9.61. The molecule has 9 rings (SSSR count). The Labute approximate surface area is 356 Å². The molecule has 0 atom stereocenters. The summed E-state index contributed by atoms with van der Waals surface area (Å²) in [6, 6.07) is 41.0. The predicted octanol–water partition coefficient (Wildman–Crippen LogP) is 12.3. The van der Waals surface area contributed by atoms with Gasteiger partial charge in [-0.3, -0.25) is 15.0 Å². The van der Waals surface area contributed by atoms with Gasteiger partial charge < -0.3 is 4.42 Å². The van der Waals surface area contributed by atoms with Crippen LogP contribution >= 0.6 is 0 Å². The lowest BCUT2D eigenvalue weighted by Crippen LogP contribution is -2.00. The third kappa shape index (κ3) is 7.91. The largest absolute Gasteiger partial charge is 0.455 e. The molecule has 0 fully saturated rings. The van der Waals surface area contributed by atoms with Gasteiger partial charge in [0.25, 0.3) is 0 Å².